The van der Waals surface area contributed by atoms with Crippen molar-refractivity contribution in [2.24, 2.45) is 5.92 Å². The van der Waals surface area contributed by atoms with Gasteiger partial charge in [0.2, 0.25) is 0 Å². The van der Waals surface area contributed by atoms with E-state index in [2.05, 4.69) is 14.9 Å². The number of fused-ring (bicyclic) bond motifs is 1. The molecule has 1 fully saturated rings. The number of hydrogen-bond acceptors (Lipinski definition) is 7. The van der Waals surface area contributed by atoms with E-state index in [9.17, 15) is 15.0 Å². The highest BCUT2D eigenvalue weighted by Crippen LogP contribution is 2.50. The molecule has 3 aromatic rings. The summed E-state index contributed by atoms with van der Waals surface area (Å²) in [6.07, 6.45) is 3.77. The predicted molar refractivity (Wildman–Crippen MR) is 158 cm³/mol. The zero-order valence-electron chi connectivity index (χ0n) is 23.9. The number of hydrogen-bond donors (Lipinski definition) is 2. The number of halogens is 3. The van der Waals surface area contributed by atoms with Gasteiger partial charge in [0.05, 0.1) is 41.0 Å². The lowest BCUT2D eigenvalue weighted by atomic mass is 9.73. The van der Waals surface area contributed by atoms with E-state index in [4.69, 9.17) is 27.9 Å². The van der Waals surface area contributed by atoms with Gasteiger partial charge in [-0.25, -0.2) is 14.4 Å². The van der Waals surface area contributed by atoms with Crippen molar-refractivity contribution < 1.29 is 24.1 Å². The van der Waals surface area contributed by atoms with E-state index < -0.39 is 29.2 Å². The van der Waals surface area contributed by atoms with Gasteiger partial charge >= 0.3 is 0 Å². The number of carbonyl (C=O) groups is 1. The molecule has 0 saturated carbocycles. The highest BCUT2D eigenvalue weighted by atomic mass is 35.5. The molecule has 0 spiro atoms. The van der Waals surface area contributed by atoms with E-state index in [0.717, 1.165) is 25.9 Å². The zero-order valence-corrected chi connectivity index (χ0v) is 25.4. The third kappa shape index (κ3) is 5.54. The van der Waals surface area contributed by atoms with E-state index in [1.165, 1.54) is 23.4 Å². The molecular formula is C31H35Cl2FN4O4. The Morgan fingerprint density at radius 2 is 1.79 bits per heavy atom. The Morgan fingerprint density at radius 1 is 1.14 bits per heavy atom. The van der Waals surface area contributed by atoms with Crippen LogP contribution in [-0.4, -0.2) is 68.7 Å². The summed E-state index contributed by atoms with van der Waals surface area (Å²) in [5.41, 5.74) is -2.25. The fourth-order valence-corrected chi connectivity index (χ4v) is 6.43. The van der Waals surface area contributed by atoms with Gasteiger partial charge in [0.25, 0.3) is 5.91 Å². The fourth-order valence-electron chi connectivity index (χ4n) is 6.20. The van der Waals surface area contributed by atoms with Crippen LogP contribution in [0.3, 0.4) is 0 Å². The summed E-state index contributed by atoms with van der Waals surface area (Å²) in [6.45, 7) is 4.71. The van der Waals surface area contributed by atoms with E-state index >= 15 is 4.39 Å². The van der Waals surface area contributed by atoms with Crippen molar-refractivity contribution in [3.05, 3.63) is 92.7 Å². The third-order valence-electron chi connectivity index (χ3n) is 8.46. The Bertz CT molecular complexity index is 1430. The van der Waals surface area contributed by atoms with Crippen LogP contribution in [0, 0.1) is 11.7 Å². The Kier molecular flexibility index (Phi) is 8.90. The number of piperidine rings is 1. The SMILES string of the molecule is CC[C@@](O)(c1cc(F)c2c(c1)C(=O)N(Cc1ncc(Cl)cn1)[C@@]2(OC[C@@H](C)O)c1ccc(Cl)cc1)C1CCN(C)CC1. The van der Waals surface area contributed by atoms with Crippen LogP contribution < -0.4 is 0 Å². The zero-order chi connectivity index (χ0) is 30.2. The van der Waals surface area contributed by atoms with E-state index in [1.807, 2.05) is 14.0 Å². The van der Waals surface area contributed by atoms with E-state index in [0.29, 0.717) is 27.6 Å². The minimum absolute atomic E-state index is 0.00461. The largest absolute Gasteiger partial charge is 0.391 e. The number of nitrogens with zero attached hydrogens (tertiary/aromatic N) is 4. The van der Waals surface area contributed by atoms with E-state index in [-0.39, 0.29) is 36.0 Å². The molecule has 1 aromatic heterocycles. The Morgan fingerprint density at radius 3 is 2.38 bits per heavy atom. The van der Waals surface area contributed by atoms with Crippen molar-refractivity contribution in [3.63, 3.8) is 0 Å². The quantitative estimate of drug-likeness (QED) is 0.344. The summed E-state index contributed by atoms with van der Waals surface area (Å²) in [4.78, 5) is 26.4. The molecule has 5 rings (SSSR count). The summed E-state index contributed by atoms with van der Waals surface area (Å²) in [6, 6.07) is 9.51. The van der Waals surface area contributed by atoms with Crippen molar-refractivity contribution in [1.82, 2.24) is 19.8 Å². The van der Waals surface area contributed by atoms with Gasteiger partial charge in [0.15, 0.2) is 5.72 Å². The first-order chi connectivity index (χ1) is 20.0. The molecule has 3 atom stereocenters. The number of rotatable bonds is 9. The predicted octanol–water partition coefficient (Wildman–Crippen LogP) is 5.12. The van der Waals surface area contributed by atoms with Gasteiger partial charge in [0, 0.05) is 23.0 Å². The molecule has 8 nitrogen and oxygen atoms in total. The molecule has 2 aliphatic heterocycles. The molecule has 1 amide bonds. The molecule has 11 heteroatoms. The Balaban J connectivity index is 1.71. The van der Waals surface area contributed by atoms with Crippen molar-refractivity contribution >= 4 is 29.1 Å². The lowest BCUT2D eigenvalue weighted by molar-refractivity contribution is -0.132. The minimum Gasteiger partial charge on any atom is -0.391 e. The van der Waals surface area contributed by atoms with Crippen LogP contribution in [-0.2, 0) is 22.6 Å². The highest BCUT2D eigenvalue weighted by molar-refractivity contribution is 6.30. The number of likely N-dealkylation sites (tertiary alicyclic amines) is 1. The molecule has 1 saturated heterocycles. The molecular weight excluding hydrogens is 582 g/mol. The molecule has 2 aliphatic rings. The molecule has 0 aliphatic carbocycles. The van der Waals surface area contributed by atoms with Gasteiger partial charge < -0.3 is 19.8 Å². The smallest absolute Gasteiger partial charge is 0.257 e. The second kappa shape index (κ2) is 12.1. The van der Waals surface area contributed by atoms with E-state index in [1.54, 1.807) is 37.3 Å². The monoisotopic (exact) mass is 616 g/mol. The lowest BCUT2D eigenvalue weighted by Crippen LogP contribution is -2.48. The number of aliphatic hydroxyl groups excluding tert-OH is 1. The van der Waals surface area contributed by atoms with Gasteiger partial charge in [-0.05, 0) is 82.1 Å². The van der Waals surface area contributed by atoms with Gasteiger partial charge in [-0.2, -0.15) is 0 Å². The molecule has 3 heterocycles. The summed E-state index contributed by atoms with van der Waals surface area (Å²) in [5, 5.41) is 23.0. The number of benzene rings is 2. The van der Waals surface area contributed by atoms with Crippen molar-refractivity contribution in [1.29, 1.82) is 0 Å². The first-order valence-electron chi connectivity index (χ1n) is 14.1. The normalized spacial score (nSPS) is 21.8. The number of aromatic nitrogens is 2. The maximum atomic E-state index is 16.7. The number of aliphatic hydroxyl groups is 2. The second-order valence-electron chi connectivity index (χ2n) is 11.3. The van der Waals surface area contributed by atoms with Crippen molar-refractivity contribution in [2.45, 2.75) is 57.1 Å². The van der Waals surface area contributed by atoms with Gasteiger partial charge in [-0.1, -0.05) is 42.3 Å². The van der Waals surface area contributed by atoms with Crippen molar-refractivity contribution in [3.8, 4) is 0 Å². The van der Waals surface area contributed by atoms with Crippen LogP contribution in [0.5, 0.6) is 0 Å². The Labute approximate surface area is 255 Å². The second-order valence-corrected chi connectivity index (χ2v) is 12.1. The van der Waals surface area contributed by atoms with Crippen LogP contribution in [0.4, 0.5) is 4.39 Å². The van der Waals surface area contributed by atoms with Crippen LogP contribution in [0.1, 0.15) is 66.0 Å². The fraction of sp³-hybridized carbons (Fsp3) is 0.452. The summed E-state index contributed by atoms with van der Waals surface area (Å²) < 4.78 is 23.0. The first-order valence-corrected chi connectivity index (χ1v) is 14.9. The van der Waals surface area contributed by atoms with Gasteiger partial charge in [0.1, 0.15) is 11.6 Å². The van der Waals surface area contributed by atoms with Crippen LogP contribution in [0.25, 0.3) is 0 Å². The average molecular weight is 618 g/mol. The molecule has 2 aromatic carbocycles. The highest BCUT2D eigenvalue weighted by Gasteiger charge is 2.55. The maximum Gasteiger partial charge on any atom is 0.257 e. The summed E-state index contributed by atoms with van der Waals surface area (Å²) >= 11 is 12.2. The first kappa shape index (κ1) is 30.8. The molecule has 0 unspecified atom stereocenters. The number of carbonyl (C=O) groups excluding carboxylic acids is 1. The lowest BCUT2D eigenvalue weighted by Gasteiger charge is -2.41. The maximum absolute atomic E-state index is 16.7. The average Bonchev–Trinajstić information content (AvgIpc) is 3.21. The van der Waals surface area contributed by atoms with Gasteiger partial charge in [-0.3, -0.25) is 9.69 Å². The third-order valence-corrected chi connectivity index (χ3v) is 8.91. The Hall–Kier alpha value is -2.66. The number of amides is 1. The van der Waals surface area contributed by atoms with Crippen LogP contribution in [0.15, 0.2) is 48.8 Å². The van der Waals surface area contributed by atoms with Crippen LogP contribution in [0.2, 0.25) is 10.0 Å². The molecule has 0 radical (unpaired) electrons. The number of ether oxygens (including phenoxy) is 1. The summed E-state index contributed by atoms with van der Waals surface area (Å²) in [5.74, 6) is -1.06. The molecule has 2 N–H and O–H groups in total. The molecule has 42 heavy (non-hydrogen) atoms. The molecule has 224 valence electrons. The van der Waals surface area contributed by atoms with Crippen molar-refractivity contribution in [2.75, 3.05) is 26.7 Å². The van der Waals surface area contributed by atoms with Crippen LogP contribution >= 0.6 is 23.2 Å². The molecule has 0 bridgehead atoms. The van der Waals surface area contributed by atoms with Gasteiger partial charge in [-0.15, -0.1) is 0 Å². The summed E-state index contributed by atoms with van der Waals surface area (Å²) in [7, 11) is 2.04. The standard InChI is InChI=1S/C31H35Cl2FN4O4/c1-4-30(41,20-9-11-37(3)12-10-20)22-13-25-28(26(34)14-22)31(42-18-19(2)39,21-5-7-23(32)8-6-21)38(29(25)40)17-27-35-15-24(33)16-36-27/h5-8,13-16,19-20,39,41H,4,9-12,17-18H2,1-3H3/t19-,30+,31-/m1/s1. The topological polar surface area (TPSA) is 99.0 Å². The minimum atomic E-state index is -1.78.